The van der Waals surface area contributed by atoms with E-state index in [0.29, 0.717) is 17.9 Å². The lowest BCUT2D eigenvalue weighted by Crippen LogP contribution is -2.33. The molecule has 0 aliphatic carbocycles. The molecule has 0 bridgehead atoms. The molecule has 2 rings (SSSR count). The van der Waals surface area contributed by atoms with Gasteiger partial charge in [0, 0.05) is 31.2 Å². The fourth-order valence-corrected chi connectivity index (χ4v) is 1.43. The van der Waals surface area contributed by atoms with Gasteiger partial charge in [0.2, 0.25) is 5.91 Å². The molecule has 1 atom stereocenters. The molecule has 2 aromatic heterocycles. The molecule has 0 aliphatic heterocycles. The van der Waals surface area contributed by atoms with E-state index in [1.807, 2.05) is 0 Å². The molecular formula is C10H14N6O. The summed E-state index contributed by atoms with van der Waals surface area (Å²) in [6, 6.07) is -0.710. The van der Waals surface area contributed by atoms with Crippen LogP contribution in [0.4, 0.5) is 0 Å². The number of amides is 1. The van der Waals surface area contributed by atoms with Crippen molar-refractivity contribution in [3.8, 4) is 0 Å². The molecule has 0 saturated heterocycles. The van der Waals surface area contributed by atoms with E-state index in [0.717, 1.165) is 0 Å². The second kappa shape index (κ2) is 4.79. The van der Waals surface area contributed by atoms with Gasteiger partial charge in [0.05, 0.1) is 12.7 Å². The van der Waals surface area contributed by atoms with Crippen molar-refractivity contribution in [1.29, 1.82) is 0 Å². The Balaban J connectivity index is 1.91. The lowest BCUT2D eigenvalue weighted by Gasteiger charge is -2.09. The van der Waals surface area contributed by atoms with Gasteiger partial charge >= 0.3 is 0 Å². The monoisotopic (exact) mass is 234 g/mol. The molecule has 0 fully saturated rings. The van der Waals surface area contributed by atoms with Crippen LogP contribution in [0.15, 0.2) is 24.8 Å². The van der Waals surface area contributed by atoms with Crippen molar-refractivity contribution in [3.63, 3.8) is 0 Å². The highest BCUT2D eigenvalue weighted by Gasteiger charge is 2.16. The minimum absolute atomic E-state index is 0.255. The summed E-state index contributed by atoms with van der Waals surface area (Å²) in [7, 11) is 1.77. The summed E-state index contributed by atoms with van der Waals surface area (Å²) < 4.78 is 1.61. The summed E-state index contributed by atoms with van der Waals surface area (Å²) in [6.07, 6.45) is 6.62. The number of hydrogen-bond acceptors (Lipinski definition) is 4. The van der Waals surface area contributed by atoms with E-state index in [4.69, 9.17) is 5.73 Å². The van der Waals surface area contributed by atoms with Crippen LogP contribution < -0.4 is 11.1 Å². The Morgan fingerprint density at radius 3 is 3.12 bits per heavy atom. The van der Waals surface area contributed by atoms with Crippen LogP contribution in [0.2, 0.25) is 0 Å². The van der Waals surface area contributed by atoms with Gasteiger partial charge in [0.15, 0.2) is 0 Å². The van der Waals surface area contributed by atoms with Crippen LogP contribution in [0.1, 0.15) is 17.4 Å². The molecule has 4 N–H and O–H groups in total. The summed E-state index contributed by atoms with van der Waals surface area (Å²) in [5, 5.41) is 6.67. The molecule has 0 radical (unpaired) electrons. The second-order valence-corrected chi connectivity index (χ2v) is 3.68. The fourth-order valence-electron chi connectivity index (χ4n) is 1.43. The van der Waals surface area contributed by atoms with Crippen molar-refractivity contribution >= 4 is 5.91 Å². The number of carbonyl (C=O) groups is 1. The van der Waals surface area contributed by atoms with Gasteiger partial charge in [-0.15, -0.1) is 0 Å². The topological polar surface area (TPSA) is 102 Å². The zero-order valence-electron chi connectivity index (χ0n) is 9.42. The summed E-state index contributed by atoms with van der Waals surface area (Å²) in [4.78, 5) is 18.6. The number of nitrogens with two attached hydrogens (primary N) is 1. The summed E-state index contributed by atoms with van der Waals surface area (Å²) >= 11 is 0. The van der Waals surface area contributed by atoms with Crippen molar-refractivity contribution in [3.05, 3.63) is 36.2 Å². The summed E-state index contributed by atoms with van der Waals surface area (Å²) in [5.41, 5.74) is 6.48. The fraction of sp³-hybridized carbons (Fsp3) is 0.300. The molecule has 2 aromatic rings. The Bertz CT molecular complexity index is 489. The van der Waals surface area contributed by atoms with Crippen molar-refractivity contribution in [1.82, 2.24) is 25.1 Å². The number of aromatic amines is 1. The minimum atomic E-state index is -0.710. The maximum absolute atomic E-state index is 11.7. The normalized spacial score (nSPS) is 12.4. The van der Waals surface area contributed by atoms with Gasteiger partial charge in [0.25, 0.3) is 0 Å². The standard InChI is InChI=1S/C10H14N6O/c1-16-6-7(4-15-16)9(11)10(17)14-5-8-12-2-3-13-8/h2-4,6,9H,5,11H2,1H3,(H,12,13)(H,14,17). The van der Waals surface area contributed by atoms with E-state index in [-0.39, 0.29) is 5.91 Å². The zero-order chi connectivity index (χ0) is 12.3. The van der Waals surface area contributed by atoms with E-state index in [2.05, 4.69) is 20.4 Å². The average molecular weight is 234 g/mol. The Morgan fingerprint density at radius 2 is 2.53 bits per heavy atom. The molecule has 0 saturated carbocycles. The highest BCUT2D eigenvalue weighted by molar-refractivity contribution is 5.82. The number of imidazole rings is 1. The molecule has 2 heterocycles. The summed E-state index contributed by atoms with van der Waals surface area (Å²) in [6.45, 7) is 0.333. The Kier molecular flexibility index (Phi) is 3.20. The second-order valence-electron chi connectivity index (χ2n) is 3.68. The van der Waals surface area contributed by atoms with Crippen LogP contribution in [-0.2, 0) is 18.4 Å². The molecule has 1 unspecified atom stereocenters. The third kappa shape index (κ3) is 2.70. The Labute approximate surface area is 98.0 Å². The van der Waals surface area contributed by atoms with E-state index in [9.17, 15) is 4.79 Å². The van der Waals surface area contributed by atoms with Crippen LogP contribution in [0.25, 0.3) is 0 Å². The van der Waals surface area contributed by atoms with Gasteiger partial charge in [-0.3, -0.25) is 9.48 Å². The number of hydrogen-bond donors (Lipinski definition) is 3. The van der Waals surface area contributed by atoms with Gasteiger partial charge < -0.3 is 16.0 Å². The zero-order valence-corrected chi connectivity index (χ0v) is 9.42. The van der Waals surface area contributed by atoms with Crippen molar-refractivity contribution < 1.29 is 4.79 Å². The quantitative estimate of drug-likeness (QED) is 0.661. The Hall–Kier alpha value is -2.15. The molecule has 7 heteroatoms. The molecule has 90 valence electrons. The van der Waals surface area contributed by atoms with Gasteiger partial charge in [-0.2, -0.15) is 5.10 Å². The largest absolute Gasteiger partial charge is 0.347 e. The van der Waals surface area contributed by atoms with Crippen LogP contribution >= 0.6 is 0 Å². The number of aryl methyl sites for hydroxylation is 1. The first-order valence-corrected chi connectivity index (χ1v) is 5.17. The summed E-state index contributed by atoms with van der Waals surface area (Å²) in [5.74, 6) is 0.436. The first kappa shape index (κ1) is 11.3. The molecule has 7 nitrogen and oxygen atoms in total. The van der Waals surface area contributed by atoms with E-state index < -0.39 is 6.04 Å². The lowest BCUT2D eigenvalue weighted by atomic mass is 10.1. The maximum atomic E-state index is 11.7. The number of nitrogens with zero attached hydrogens (tertiary/aromatic N) is 3. The number of H-pyrrole nitrogens is 1. The Morgan fingerprint density at radius 1 is 1.71 bits per heavy atom. The predicted octanol–water partition coefficient (Wildman–Crippen LogP) is -0.541. The average Bonchev–Trinajstić information content (AvgIpc) is 2.95. The third-order valence-corrected chi connectivity index (χ3v) is 2.35. The van der Waals surface area contributed by atoms with Crippen molar-refractivity contribution in [2.24, 2.45) is 12.8 Å². The van der Waals surface area contributed by atoms with Crippen LogP contribution in [0.3, 0.4) is 0 Å². The highest BCUT2D eigenvalue weighted by Crippen LogP contribution is 2.08. The molecule has 0 aromatic carbocycles. The van der Waals surface area contributed by atoms with Gasteiger partial charge in [-0.25, -0.2) is 4.98 Å². The van der Waals surface area contributed by atoms with Gasteiger partial charge in [-0.1, -0.05) is 0 Å². The third-order valence-electron chi connectivity index (χ3n) is 2.35. The molecule has 0 spiro atoms. The van der Waals surface area contributed by atoms with Crippen molar-refractivity contribution in [2.45, 2.75) is 12.6 Å². The highest BCUT2D eigenvalue weighted by atomic mass is 16.2. The minimum Gasteiger partial charge on any atom is -0.347 e. The van der Waals surface area contributed by atoms with E-state index in [1.54, 1.807) is 36.5 Å². The van der Waals surface area contributed by atoms with Crippen molar-refractivity contribution in [2.75, 3.05) is 0 Å². The van der Waals surface area contributed by atoms with E-state index in [1.165, 1.54) is 0 Å². The van der Waals surface area contributed by atoms with Crippen LogP contribution in [0, 0.1) is 0 Å². The first-order valence-electron chi connectivity index (χ1n) is 5.17. The molecule has 1 amide bonds. The number of carbonyl (C=O) groups excluding carboxylic acids is 1. The molecular weight excluding hydrogens is 220 g/mol. The van der Waals surface area contributed by atoms with Gasteiger partial charge in [0.1, 0.15) is 11.9 Å². The maximum Gasteiger partial charge on any atom is 0.242 e. The van der Waals surface area contributed by atoms with Crippen LogP contribution in [-0.4, -0.2) is 25.7 Å². The number of nitrogens with one attached hydrogen (secondary N) is 2. The number of aromatic nitrogens is 4. The van der Waals surface area contributed by atoms with Crippen LogP contribution in [0.5, 0.6) is 0 Å². The smallest absolute Gasteiger partial charge is 0.242 e. The SMILES string of the molecule is Cn1cc(C(N)C(=O)NCc2ncc[nH]2)cn1. The lowest BCUT2D eigenvalue weighted by molar-refractivity contribution is -0.122. The van der Waals surface area contributed by atoms with E-state index >= 15 is 0 Å². The molecule has 0 aliphatic rings. The van der Waals surface area contributed by atoms with Gasteiger partial charge in [-0.05, 0) is 0 Å². The predicted molar refractivity (Wildman–Crippen MR) is 60.6 cm³/mol. The first-order chi connectivity index (χ1) is 8.16. The molecule has 17 heavy (non-hydrogen) atoms. The number of rotatable bonds is 4.